The van der Waals surface area contributed by atoms with Gasteiger partial charge in [0.15, 0.2) is 0 Å². The van der Waals surface area contributed by atoms with E-state index in [1.165, 1.54) is 30.4 Å². The first-order valence-corrected chi connectivity index (χ1v) is 6.79. The standard InChI is InChI=1S/C15H24O/c1-9-7-12(16)13-10(2)14(3,4)11-5-6-15(9,13)8-11/h9,11-12,16H,5-8H2,1-4H3/t9-,11?,12-,15+/m0/s1. The zero-order chi connectivity index (χ0) is 11.7. The van der Waals surface area contributed by atoms with Crippen LogP contribution in [0, 0.1) is 22.7 Å². The summed E-state index contributed by atoms with van der Waals surface area (Å²) in [6, 6.07) is 0. The molecule has 1 heteroatoms. The summed E-state index contributed by atoms with van der Waals surface area (Å²) in [5.74, 6) is 1.54. The van der Waals surface area contributed by atoms with Crippen molar-refractivity contribution < 1.29 is 5.11 Å². The second kappa shape index (κ2) is 2.93. The molecule has 0 amide bonds. The highest BCUT2D eigenvalue weighted by Gasteiger charge is 2.59. The lowest BCUT2D eigenvalue weighted by atomic mass is 9.60. The Hall–Kier alpha value is -0.300. The van der Waals surface area contributed by atoms with Gasteiger partial charge in [-0.15, -0.1) is 0 Å². The maximum Gasteiger partial charge on any atom is 0.0761 e. The van der Waals surface area contributed by atoms with Gasteiger partial charge in [0.25, 0.3) is 0 Å². The van der Waals surface area contributed by atoms with E-state index in [-0.39, 0.29) is 6.10 Å². The molecule has 16 heavy (non-hydrogen) atoms. The van der Waals surface area contributed by atoms with E-state index >= 15 is 0 Å². The number of hydrogen-bond acceptors (Lipinski definition) is 1. The predicted octanol–water partition coefficient (Wildman–Crippen LogP) is 3.53. The molecule has 3 rings (SSSR count). The summed E-state index contributed by atoms with van der Waals surface area (Å²) in [5.41, 5.74) is 3.67. The van der Waals surface area contributed by atoms with Crippen molar-refractivity contribution in [2.24, 2.45) is 22.7 Å². The molecule has 2 saturated carbocycles. The number of aliphatic hydroxyl groups excluding tert-OH is 1. The van der Waals surface area contributed by atoms with Gasteiger partial charge >= 0.3 is 0 Å². The van der Waals surface area contributed by atoms with Crippen molar-refractivity contribution >= 4 is 0 Å². The van der Waals surface area contributed by atoms with E-state index in [0.29, 0.717) is 16.7 Å². The molecule has 3 aliphatic carbocycles. The molecule has 0 heterocycles. The van der Waals surface area contributed by atoms with Crippen molar-refractivity contribution in [2.75, 3.05) is 0 Å². The zero-order valence-corrected chi connectivity index (χ0v) is 11.0. The van der Waals surface area contributed by atoms with Crippen LogP contribution >= 0.6 is 0 Å². The molecule has 0 aromatic heterocycles. The van der Waals surface area contributed by atoms with Gasteiger partial charge in [0, 0.05) is 0 Å². The fourth-order valence-electron chi connectivity index (χ4n) is 4.94. The van der Waals surface area contributed by atoms with E-state index in [4.69, 9.17) is 0 Å². The number of fused-ring (bicyclic) bond motifs is 1. The molecule has 4 atom stereocenters. The fraction of sp³-hybridized carbons (Fsp3) is 0.867. The predicted molar refractivity (Wildman–Crippen MR) is 66.0 cm³/mol. The zero-order valence-electron chi connectivity index (χ0n) is 11.0. The fourth-order valence-corrected chi connectivity index (χ4v) is 4.94. The number of aliphatic hydroxyl groups is 1. The molecule has 1 spiro atoms. The minimum atomic E-state index is -0.145. The van der Waals surface area contributed by atoms with Gasteiger partial charge in [0.2, 0.25) is 0 Å². The molecule has 1 nitrogen and oxygen atoms in total. The third-order valence-electron chi connectivity index (χ3n) is 6.33. The van der Waals surface area contributed by atoms with Crippen LogP contribution in [0.15, 0.2) is 11.1 Å². The average molecular weight is 220 g/mol. The minimum Gasteiger partial charge on any atom is -0.389 e. The first kappa shape index (κ1) is 10.8. The lowest BCUT2D eigenvalue weighted by molar-refractivity contribution is 0.174. The Morgan fingerprint density at radius 2 is 2.00 bits per heavy atom. The second-order valence-electron chi connectivity index (χ2n) is 7.01. The molecular formula is C15H24O. The van der Waals surface area contributed by atoms with Crippen LogP contribution in [-0.2, 0) is 0 Å². The molecule has 2 fully saturated rings. The monoisotopic (exact) mass is 220 g/mol. The van der Waals surface area contributed by atoms with Crippen molar-refractivity contribution in [1.29, 1.82) is 0 Å². The summed E-state index contributed by atoms with van der Waals surface area (Å²) >= 11 is 0. The average Bonchev–Trinajstić information content (AvgIpc) is 2.69. The van der Waals surface area contributed by atoms with Crippen LogP contribution in [0.25, 0.3) is 0 Å². The van der Waals surface area contributed by atoms with Gasteiger partial charge in [-0.05, 0) is 60.8 Å². The molecule has 0 aromatic rings. The highest BCUT2D eigenvalue weighted by Crippen LogP contribution is 2.67. The van der Waals surface area contributed by atoms with Crippen molar-refractivity contribution in [2.45, 2.75) is 59.5 Å². The molecule has 90 valence electrons. The van der Waals surface area contributed by atoms with E-state index < -0.39 is 0 Å². The topological polar surface area (TPSA) is 20.2 Å². The van der Waals surface area contributed by atoms with Crippen LogP contribution < -0.4 is 0 Å². The summed E-state index contributed by atoms with van der Waals surface area (Å²) in [6.07, 6.45) is 4.88. The molecule has 0 aromatic carbocycles. The lowest BCUT2D eigenvalue weighted by Gasteiger charge is -2.44. The SMILES string of the molecule is CC1=C2[C@@H](O)C[C@H](C)[C@]23CCC(C3)C1(C)C. The van der Waals surface area contributed by atoms with Crippen LogP contribution in [0.3, 0.4) is 0 Å². The van der Waals surface area contributed by atoms with Gasteiger partial charge in [0.1, 0.15) is 0 Å². The minimum absolute atomic E-state index is 0.145. The van der Waals surface area contributed by atoms with E-state index in [1.807, 2.05) is 0 Å². The smallest absolute Gasteiger partial charge is 0.0761 e. The Balaban J connectivity index is 2.21. The number of allylic oxidation sites excluding steroid dienone is 1. The highest BCUT2D eigenvalue weighted by molar-refractivity contribution is 5.39. The van der Waals surface area contributed by atoms with Gasteiger partial charge in [0.05, 0.1) is 6.10 Å². The van der Waals surface area contributed by atoms with Crippen LogP contribution in [0.1, 0.15) is 53.4 Å². The van der Waals surface area contributed by atoms with Crippen molar-refractivity contribution in [3.05, 3.63) is 11.1 Å². The van der Waals surface area contributed by atoms with E-state index in [2.05, 4.69) is 27.7 Å². The molecule has 1 unspecified atom stereocenters. The second-order valence-corrected chi connectivity index (χ2v) is 7.01. The highest BCUT2D eigenvalue weighted by atomic mass is 16.3. The molecule has 0 radical (unpaired) electrons. The Morgan fingerprint density at radius 3 is 2.69 bits per heavy atom. The van der Waals surface area contributed by atoms with Gasteiger partial charge in [-0.25, -0.2) is 0 Å². The first-order valence-electron chi connectivity index (χ1n) is 6.79. The van der Waals surface area contributed by atoms with E-state index in [0.717, 1.165) is 12.3 Å². The van der Waals surface area contributed by atoms with Crippen LogP contribution in [0.5, 0.6) is 0 Å². The number of hydrogen-bond donors (Lipinski definition) is 1. The summed E-state index contributed by atoms with van der Waals surface area (Å²) in [7, 11) is 0. The van der Waals surface area contributed by atoms with E-state index in [9.17, 15) is 5.11 Å². The Kier molecular flexibility index (Phi) is 1.98. The molecule has 0 saturated heterocycles. The maximum atomic E-state index is 10.4. The van der Waals surface area contributed by atoms with E-state index in [1.54, 1.807) is 0 Å². The third-order valence-corrected chi connectivity index (χ3v) is 6.33. The van der Waals surface area contributed by atoms with Crippen LogP contribution in [0.2, 0.25) is 0 Å². The van der Waals surface area contributed by atoms with Crippen molar-refractivity contribution in [3.8, 4) is 0 Å². The van der Waals surface area contributed by atoms with Crippen molar-refractivity contribution in [3.63, 3.8) is 0 Å². The maximum absolute atomic E-state index is 10.4. The van der Waals surface area contributed by atoms with Gasteiger partial charge < -0.3 is 5.11 Å². The lowest BCUT2D eigenvalue weighted by Crippen LogP contribution is -2.36. The summed E-state index contributed by atoms with van der Waals surface area (Å²) < 4.78 is 0. The third kappa shape index (κ3) is 1.01. The normalized spacial score (nSPS) is 49.7. The first-order chi connectivity index (χ1) is 7.39. The molecule has 3 aliphatic rings. The Bertz CT molecular complexity index is 366. The van der Waals surface area contributed by atoms with Crippen molar-refractivity contribution in [1.82, 2.24) is 0 Å². The van der Waals surface area contributed by atoms with Gasteiger partial charge in [-0.1, -0.05) is 26.3 Å². The van der Waals surface area contributed by atoms with Gasteiger partial charge in [-0.2, -0.15) is 0 Å². The summed E-state index contributed by atoms with van der Waals surface area (Å²) in [5, 5.41) is 10.4. The van der Waals surface area contributed by atoms with Gasteiger partial charge in [-0.3, -0.25) is 0 Å². The largest absolute Gasteiger partial charge is 0.389 e. The Morgan fingerprint density at radius 1 is 1.31 bits per heavy atom. The summed E-state index contributed by atoms with van der Waals surface area (Å²) in [4.78, 5) is 0. The van der Waals surface area contributed by atoms with Crippen LogP contribution in [0.4, 0.5) is 0 Å². The molecule has 0 aliphatic heterocycles. The Labute approximate surface area is 98.9 Å². The molecule has 2 bridgehead atoms. The summed E-state index contributed by atoms with van der Waals surface area (Å²) in [6.45, 7) is 9.39. The number of rotatable bonds is 0. The quantitative estimate of drug-likeness (QED) is 0.619. The molecular weight excluding hydrogens is 196 g/mol. The van der Waals surface area contributed by atoms with Crippen LogP contribution in [-0.4, -0.2) is 11.2 Å². The molecule has 1 N–H and O–H groups in total.